The highest BCUT2D eigenvalue weighted by atomic mass is 35.5. The molecule has 0 unspecified atom stereocenters. The maximum Gasteiger partial charge on any atom is 0.255 e. The van der Waals surface area contributed by atoms with E-state index >= 15 is 0 Å². The molecule has 0 heterocycles. The number of nitriles is 1. The van der Waals surface area contributed by atoms with Gasteiger partial charge in [0.1, 0.15) is 11.8 Å². The van der Waals surface area contributed by atoms with Crippen molar-refractivity contribution in [1.82, 2.24) is 0 Å². The molecule has 122 valence electrons. The van der Waals surface area contributed by atoms with Crippen LogP contribution in [-0.2, 0) is 0 Å². The number of benzene rings is 2. The average molecular weight is 341 g/mol. The highest BCUT2D eigenvalue weighted by molar-refractivity contribution is 6.32. The number of carbonyl (C=O) groups is 1. The summed E-state index contributed by atoms with van der Waals surface area (Å²) in [5.41, 5.74) is 1.47. The number of nitrogens with one attached hydrogen (secondary N) is 1. The second-order valence-electron chi connectivity index (χ2n) is 5.81. The number of halogens is 1. The summed E-state index contributed by atoms with van der Waals surface area (Å²) in [6.07, 6.45) is 4.94. The van der Waals surface area contributed by atoms with E-state index in [1.165, 1.54) is 12.8 Å². The third-order valence-electron chi connectivity index (χ3n) is 4.07. The van der Waals surface area contributed by atoms with Crippen molar-refractivity contribution in [3.05, 3.63) is 58.6 Å². The van der Waals surface area contributed by atoms with Crippen LogP contribution in [0.15, 0.2) is 42.5 Å². The molecule has 2 aromatic rings. The quantitative estimate of drug-likeness (QED) is 0.870. The molecule has 3 rings (SSSR count). The van der Waals surface area contributed by atoms with Gasteiger partial charge in [-0.05, 0) is 68.1 Å². The fraction of sp³-hybridized carbons (Fsp3) is 0.263. The third kappa shape index (κ3) is 3.87. The fourth-order valence-electron chi connectivity index (χ4n) is 2.77. The highest BCUT2D eigenvalue weighted by Gasteiger charge is 2.16. The third-order valence-corrected chi connectivity index (χ3v) is 4.38. The van der Waals surface area contributed by atoms with E-state index in [2.05, 4.69) is 5.32 Å². The normalized spacial score (nSPS) is 14.2. The van der Waals surface area contributed by atoms with E-state index < -0.39 is 0 Å². The van der Waals surface area contributed by atoms with Crippen molar-refractivity contribution in [3.63, 3.8) is 0 Å². The lowest BCUT2D eigenvalue weighted by molar-refractivity contribution is 0.102. The lowest BCUT2D eigenvalue weighted by atomic mass is 10.2. The SMILES string of the molecule is N#Cc1ccc(NC(=O)c2ccc(OC3CCCC3)cc2)cc1Cl. The minimum absolute atomic E-state index is 0.233. The van der Waals surface area contributed by atoms with Crippen LogP contribution in [0.5, 0.6) is 5.75 Å². The van der Waals surface area contributed by atoms with E-state index in [-0.39, 0.29) is 5.91 Å². The number of nitrogens with zero attached hydrogens (tertiary/aromatic N) is 1. The van der Waals surface area contributed by atoms with Gasteiger partial charge in [-0.2, -0.15) is 5.26 Å². The smallest absolute Gasteiger partial charge is 0.255 e. The molecular formula is C19H17ClN2O2. The maximum absolute atomic E-state index is 12.3. The molecule has 1 aliphatic rings. The van der Waals surface area contributed by atoms with Crippen LogP contribution in [0.3, 0.4) is 0 Å². The molecule has 4 nitrogen and oxygen atoms in total. The van der Waals surface area contributed by atoms with Gasteiger partial charge in [0.2, 0.25) is 0 Å². The molecule has 5 heteroatoms. The minimum atomic E-state index is -0.233. The predicted molar refractivity (Wildman–Crippen MR) is 93.4 cm³/mol. The molecule has 24 heavy (non-hydrogen) atoms. The molecule has 0 atom stereocenters. The largest absolute Gasteiger partial charge is 0.490 e. The number of ether oxygens (including phenoxy) is 1. The van der Waals surface area contributed by atoms with Gasteiger partial charge in [-0.15, -0.1) is 0 Å². The summed E-state index contributed by atoms with van der Waals surface area (Å²) in [4.78, 5) is 12.3. The lowest BCUT2D eigenvalue weighted by Crippen LogP contribution is -2.13. The van der Waals surface area contributed by atoms with E-state index in [1.807, 2.05) is 18.2 Å². The molecule has 0 bridgehead atoms. The van der Waals surface area contributed by atoms with E-state index in [0.717, 1.165) is 18.6 Å². The van der Waals surface area contributed by atoms with Crippen LogP contribution >= 0.6 is 11.6 Å². The van der Waals surface area contributed by atoms with Crippen molar-refractivity contribution in [2.45, 2.75) is 31.8 Å². The molecule has 0 aromatic heterocycles. The monoisotopic (exact) mass is 340 g/mol. The van der Waals surface area contributed by atoms with E-state index in [1.54, 1.807) is 30.3 Å². The summed E-state index contributed by atoms with van der Waals surface area (Å²) < 4.78 is 5.89. The van der Waals surface area contributed by atoms with Gasteiger partial charge in [0, 0.05) is 11.3 Å². The van der Waals surface area contributed by atoms with Crippen molar-refractivity contribution in [2.24, 2.45) is 0 Å². The van der Waals surface area contributed by atoms with E-state index in [9.17, 15) is 4.79 Å². The fourth-order valence-corrected chi connectivity index (χ4v) is 2.99. The van der Waals surface area contributed by atoms with Gasteiger partial charge in [0.15, 0.2) is 0 Å². The van der Waals surface area contributed by atoms with Crippen LogP contribution < -0.4 is 10.1 Å². The Labute approximate surface area is 146 Å². The van der Waals surface area contributed by atoms with Crippen molar-refractivity contribution >= 4 is 23.2 Å². The highest BCUT2D eigenvalue weighted by Crippen LogP contribution is 2.25. The van der Waals surface area contributed by atoms with Gasteiger partial charge in [0.25, 0.3) is 5.91 Å². The van der Waals surface area contributed by atoms with Gasteiger partial charge in [-0.3, -0.25) is 4.79 Å². The Morgan fingerprint density at radius 3 is 2.50 bits per heavy atom. The summed E-state index contributed by atoms with van der Waals surface area (Å²) in [6, 6.07) is 13.9. The number of hydrogen-bond donors (Lipinski definition) is 1. The number of carbonyl (C=O) groups excluding carboxylic acids is 1. The van der Waals surface area contributed by atoms with Gasteiger partial charge in [-0.1, -0.05) is 11.6 Å². The molecule has 1 N–H and O–H groups in total. The maximum atomic E-state index is 12.3. The Morgan fingerprint density at radius 2 is 1.88 bits per heavy atom. The molecular weight excluding hydrogens is 324 g/mol. The Morgan fingerprint density at radius 1 is 1.17 bits per heavy atom. The topological polar surface area (TPSA) is 62.1 Å². The van der Waals surface area contributed by atoms with E-state index in [0.29, 0.717) is 27.9 Å². The first-order chi connectivity index (χ1) is 11.7. The van der Waals surface area contributed by atoms with Crippen LogP contribution in [0.4, 0.5) is 5.69 Å². The van der Waals surface area contributed by atoms with Crippen LogP contribution in [-0.4, -0.2) is 12.0 Å². The lowest BCUT2D eigenvalue weighted by Gasteiger charge is -2.13. The Balaban J connectivity index is 1.64. The Hall–Kier alpha value is -2.51. The zero-order chi connectivity index (χ0) is 16.9. The van der Waals surface area contributed by atoms with Crippen LogP contribution in [0.25, 0.3) is 0 Å². The van der Waals surface area contributed by atoms with Crippen LogP contribution in [0, 0.1) is 11.3 Å². The molecule has 1 amide bonds. The van der Waals surface area contributed by atoms with Gasteiger partial charge < -0.3 is 10.1 Å². The average Bonchev–Trinajstić information content (AvgIpc) is 3.08. The predicted octanol–water partition coefficient (Wildman–Crippen LogP) is 4.79. The van der Waals surface area contributed by atoms with Crippen LogP contribution in [0.1, 0.15) is 41.6 Å². The van der Waals surface area contributed by atoms with Crippen molar-refractivity contribution < 1.29 is 9.53 Å². The van der Waals surface area contributed by atoms with Crippen molar-refractivity contribution in [1.29, 1.82) is 5.26 Å². The van der Waals surface area contributed by atoms with Crippen LogP contribution in [0.2, 0.25) is 5.02 Å². The molecule has 0 radical (unpaired) electrons. The second kappa shape index (κ2) is 7.37. The second-order valence-corrected chi connectivity index (χ2v) is 6.22. The van der Waals surface area contributed by atoms with Crippen molar-refractivity contribution in [2.75, 3.05) is 5.32 Å². The molecule has 0 spiro atoms. The first-order valence-electron chi connectivity index (χ1n) is 7.93. The zero-order valence-electron chi connectivity index (χ0n) is 13.1. The Bertz CT molecular complexity index is 775. The number of hydrogen-bond acceptors (Lipinski definition) is 3. The number of anilines is 1. The molecule has 0 saturated heterocycles. The summed E-state index contributed by atoms with van der Waals surface area (Å²) in [5.74, 6) is 0.558. The van der Waals surface area contributed by atoms with Gasteiger partial charge in [0.05, 0.1) is 16.7 Å². The Kier molecular flexibility index (Phi) is 5.02. The van der Waals surface area contributed by atoms with E-state index in [4.69, 9.17) is 21.6 Å². The molecule has 1 saturated carbocycles. The molecule has 1 fully saturated rings. The number of rotatable bonds is 4. The number of amides is 1. The standard InChI is InChI=1S/C19H17ClN2O2/c20-18-11-15(8-5-14(18)12-21)22-19(23)13-6-9-17(10-7-13)24-16-3-1-2-4-16/h5-11,16H,1-4H2,(H,22,23). The minimum Gasteiger partial charge on any atom is -0.490 e. The summed E-state index contributed by atoms with van der Waals surface area (Å²) in [6.45, 7) is 0. The first-order valence-corrected chi connectivity index (χ1v) is 8.31. The summed E-state index contributed by atoms with van der Waals surface area (Å²) in [7, 11) is 0. The zero-order valence-corrected chi connectivity index (χ0v) is 13.8. The molecule has 2 aromatic carbocycles. The molecule has 1 aliphatic carbocycles. The first kappa shape index (κ1) is 16.4. The summed E-state index contributed by atoms with van der Waals surface area (Å²) >= 11 is 5.97. The van der Waals surface area contributed by atoms with Crippen molar-refractivity contribution in [3.8, 4) is 11.8 Å². The summed E-state index contributed by atoms with van der Waals surface area (Å²) in [5, 5.41) is 11.9. The van der Waals surface area contributed by atoms with Gasteiger partial charge in [-0.25, -0.2) is 0 Å². The molecule has 0 aliphatic heterocycles. The van der Waals surface area contributed by atoms with Gasteiger partial charge >= 0.3 is 0 Å².